The van der Waals surface area contributed by atoms with Crippen LogP contribution in [0.3, 0.4) is 0 Å². The van der Waals surface area contributed by atoms with Crippen LogP contribution in [0.5, 0.6) is 0 Å². The second kappa shape index (κ2) is 5.46. The Kier molecular flexibility index (Phi) is 3.93. The number of benzene rings is 1. The van der Waals surface area contributed by atoms with Gasteiger partial charge >= 0.3 is 0 Å². The van der Waals surface area contributed by atoms with Gasteiger partial charge in [0.1, 0.15) is 0 Å². The van der Waals surface area contributed by atoms with E-state index in [-0.39, 0.29) is 6.04 Å². The van der Waals surface area contributed by atoms with Crippen LogP contribution >= 0.6 is 11.6 Å². The molecule has 1 aromatic carbocycles. The topological polar surface area (TPSA) is 55.6 Å². The van der Waals surface area contributed by atoms with Crippen molar-refractivity contribution in [2.75, 3.05) is 6.54 Å². The summed E-state index contributed by atoms with van der Waals surface area (Å²) in [6.45, 7) is 6.92. The number of nitrogens with one attached hydrogen (secondary N) is 1. The van der Waals surface area contributed by atoms with E-state index in [9.17, 15) is 0 Å². The molecular formula is C12H16ClN5. The van der Waals surface area contributed by atoms with E-state index in [4.69, 9.17) is 11.6 Å². The van der Waals surface area contributed by atoms with Gasteiger partial charge in [-0.3, -0.25) is 0 Å². The van der Waals surface area contributed by atoms with E-state index in [1.165, 1.54) is 0 Å². The van der Waals surface area contributed by atoms with Crippen LogP contribution in [0.4, 0.5) is 0 Å². The van der Waals surface area contributed by atoms with Crippen molar-refractivity contribution in [2.45, 2.75) is 26.8 Å². The number of hydrogen-bond acceptors (Lipinski definition) is 4. The van der Waals surface area contributed by atoms with Crippen molar-refractivity contribution in [1.82, 2.24) is 25.5 Å². The van der Waals surface area contributed by atoms with Crippen LogP contribution in [0, 0.1) is 6.92 Å². The van der Waals surface area contributed by atoms with Crippen molar-refractivity contribution < 1.29 is 0 Å². The van der Waals surface area contributed by atoms with Gasteiger partial charge in [0, 0.05) is 0 Å². The molecule has 0 spiro atoms. The van der Waals surface area contributed by atoms with Crippen LogP contribution in [0.1, 0.15) is 31.3 Å². The second-order valence-corrected chi connectivity index (χ2v) is 4.59. The average Bonchev–Trinajstić information content (AvgIpc) is 2.78. The van der Waals surface area contributed by atoms with Crippen molar-refractivity contribution in [2.24, 2.45) is 0 Å². The smallest absolute Gasteiger partial charge is 0.173 e. The molecule has 0 aliphatic heterocycles. The van der Waals surface area contributed by atoms with Crippen molar-refractivity contribution in [3.8, 4) is 5.69 Å². The van der Waals surface area contributed by atoms with Crippen LogP contribution in [0.25, 0.3) is 5.69 Å². The average molecular weight is 266 g/mol. The lowest BCUT2D eigenvalue weighted by atomic mass is 10.2. The third kappa shape index (κ3) is 2.52. The normalized spacial score (nSPS) is 12.7. The lowest BCUT2D eigenvalue weighted by Gasteiger charge is -2.13. The molecule has 0 amide bonds. The molecular weight excluding hydrogens is 250 g/mol. The highest BCUT2D eigenvalue weighted by Gasteiger charge is 2.16. The summed E-state index contributed by atoms with van der Waals surface area (Å²) in [7, 11) is 0. The highest BCUT2D eigenvalue weighted by atomic mass is 35.5. The van der Waals surface area contributed by atoms with E-state index in [0.29, 0.717) is 5.02 Å². The fraction of sp³-hybridized carbons (Fsp3) is 0.417. The zero-order valence-electron chi connectivity index (χ0n) is 10.7. The molecule has 0 fully saturated rings. The first-order chi connectivity index (χ1) is 8.63. The van der Waals surface area contributed by atoms with Crippen LogP contribution in [-0.2, 0) is 0 Å². The third-order valence-electron chi connectivity index (χ3n) is 2.72. The molecule has 0 aliphatic carbocycles. The van der Waals surface area contributed by atoms with Crippen LogP contribution in [0.2, 0.25) is 5.02 Å². The molecule has 1 atom stereocenters. The highest BCUT2D eigenvalue weighted by molar-refractivity contribution is 6.32. The number of hydrogen-bond donors (Lipinski definition) is 1. The molecule has 0 aliphatic rings. The minimum absolute atomic E-state index is 0.0716. The Morgan fingerprint density at radius 1 is 1.44 bits per heavy atom. The van der Waals surface area contributed by atoms with E-state index in [1.807, 2.05) is 39.0 Å². The number of rotatable bonds is 4. The standard InChI is InChI=1S/C12H16ClN5/c1-4-14-9(3)12-15-16-17-18(12)11-6-5-8(2)7-10(11)13/h5-7,9,14H,4H2,1-3H3. The first-order valence-corrected chi connectivity index (χ1v) is 6.29. The zero-order chi connectivity index (χ0) is 13.1. The Labute approximate surface area is 111 Å². The van der Waals surface area contributed by atoms with E-state index >= 15 is 0 Å². The first kappa shape index (κ1) is 13.0. The molecule has 2 rings (SSSR count). The minimum atomic E-state index is 0.0716. The quantitative estimate of drug-likeness (QED) is 0.922. The van der Waals surface area contributed by atoms with Crippen molar-refractivity contribution in [3.63, 3.8) is 0 Å². The summed E-state index contributed by atoms with van der Waals surface area (Å²) in [5.74, 6) is 0.752. The van der Waals surface area contributed by atoms with Crippen molar-refractivity contribution in [3.05, 3.63) is 34.6 Å². The maximum absolute atomic E-state index is 6.24. The van der Waals surface area contributed by atoms with Gasteiger partial charge in [-0.25, -0.2) is 0 Å². The summed E-state index contributed by atoms with van der Waals surface area (Å²) >= 11 is 6.24. The van der Waals surface area contributed by atoms with E-state index in [2.05, 4.69) is 20.8 Å². The van der Waals surface area contributed by atoms with Gasteiger partial charge in [0.15, 0.2) is 5.82 Å². The first-order valence-electron chi connectivity index (χ1n) is 5.91. The summed E-state index contributed by atoms with van der Waals surface area (Å²) in [4.78, 5) is 0. The van der Waals surface area contributed by atoms with Gasteiger partial charge in [0.25, 0.3) is 0 Å². The zero-order valence-corrected chi connectivity index (χ0v) is 11.4. The molecule has 6 heteroatoms. The Morgan fingerprint density at radius 3 is 2.89 bits per heavy atom. The molecule has 18 heavy (non-hydrogen) atoms. The van der Waals surface area contributed by atoms with E-state index < -0.39 is 0 Å². The molecule has 1 unspecified atom stereocenters. The number of tetrazole rings is 1. The summed E-state index contributed by atoms with van der Waals surface area (Å²) in [6.07, 6.45) is 0. The molecule has 5 nitrogen and oxygen atoms in total. The largest absolute Gasteiger partial charge is 0.308 e. The molecule has 1 N–H and O–H groups in total. The predicted molar refractivity (Wildman–Crippen MR) is 71.0 cm³/mol. The summed E-state index contributed by atoms with van der Waals surface area (Å²) in [5, 5.41) is 15.7. The molecule has 0 saturated heterocycles. The van der Waals surface area contributed by atoms with Gasteiger partial charge < -0.3 is 5.32 Å². The molecule has 2 aromatic rings. The Balaban J connectivity index is 2.42. The lowest BCUT2D eigenvalue weighted by molar-refractivity contribution is 0.550. The van der Waals surface area contributed by atoms with Crippen molar-refractivity contribution in [1.29, 1.82) is 0 Å². The highest BCUT2D eigenvalue weighted by Crippen LogP contribution is 2.23. The summed E-state index contributed by atoms with van der Waals surface area (Å²) in [5.41, 5.74) is 1.91. The van der Waals surface area contributed by atoms with Crippen LogP contribution in [-0.4, -0.2) is 26.8 Å². The molecule has 0 bridgehead atoms. The van der Waals surface area contributed by atoms with Gasteiger partial charge in [-0.15, -0.1) is 5.10 Å². The number of aryl methyl sites for hydroxylation is 1. The molecule has 0 saturated carbocycles. The Morgan fingerprint density at radius 2 is 2.22 bits per heavy atom. The Bertz CT molecular complexity index is 537. The predicted octanol–water partition coefficient (Wildman–Crippen LogP) is 2.29. The van der Waals surface area contributed by atoms with Gasteiger partial charge in [-0.2, -0.15) is 4.68 Å². The minimum Gasteiger partial charge on any atom is -0.308 e. The molecule has 1 heterocycles. The summed E-state index contributed by atoms with van der Waals surface area (Å²) < 4.78 is 1.68. The fourth-order valence-corrected chi connectivity index (χ4v) is 2.13. The molecule has 96 valence electrons. The number of halogens is 1. The summed E-state index contributed by atoms with van der Waals surface area (Å²) in [6, 6.07) is 5.89. The SMILES string of the molecule is CCNC(C)c1nnnn1-c1ccc(C)cc1Cl. The van der Waals surface area contributed by atoms with Gasteiger partial charge in [0.05, 0.1) is 16.8 Å². The van der Waals surface area contributed by atoms with E-state index in [0.717, 1.165) is 23.6 Å². The maximum atomic E-state index is 6.24. The lowest BCUT2D eigenvalue weighted by Crippen LogP contribution is -2.21. The molecule has 0 radical (unpaired) electrons. The fourth-order valence-electron chi connectivity index (χ4n) is 1.82. The third-order valence-corrected chi connectivity index (χ3v) is 3.03. The number of nitrogens with zero attached hydrogens (tertiary/aromatic N) is 4. The van der Waals surface area contributed by atoms with Crippen LogP contribution in [0.15, 0.2) is 18.2 Å². The van der Waals surface area contributed by atoms with Gasteiger partial charge in [-0.1, -0.05) is 24.6 Å². The molecule has 1 aromatic heterocycles. The maximum Gasteiger partial charge on any atom is 0.173 e. The second-order valence-electron chi connectivity index (χ2n) is 4.18. The van der Waals surface area contributed by atoms with Gasteiger partial charge in [-0.05, 0) is 48.5 Å². The van der Waals surface area contributed by atoms with E-state index in [1.54, 1.807) is 4.68 Å². The number of aromatic nitrogens is 4. The van der Waals surface area contributed by atoms with Gasteiger partial charge in [0.2, 0.25) is 0 Å². The Hall–Kier alpha value is -1.46. The monoisotopic (exact) mass is 265 g/mol. The van der Waals surface area contributed by atoms with Crippen molar-refractivity contribution >= 4 is 11.6 Å². The van der Waals surface area contributed by atoms with Crippen LogP contribution < -0.4 is 5.32 Å².